The summed E-state index contributed by atoms with van der Waals surface area (Å²) in [7, 11) is 0. The first kappa shape index (κ1) is 18.1. The Morgan fingerprint density at radius 2 is 1.90 bits per heavy atom. The normalized spacial score (nSPS) is 25.3. The van der Waals surface area contributed by atoms with Gasteiger partial charge in [0.1, 0.15) is 0 Å². The van der Waals surface area contributed by atoms with Crippen molar-refractivity contribution in [3.63, 3.8) is 0 Å². The predicted octanol–water partition coefficient (Wildman–Crippen LogP) is 2.71. The number of carbonyl (C=O) groups is 2. The van der Waals surface area contributed by atoms with Gasteiger partial charge in [-0.2, -0.15) is 11.8 Å². The summed E-state index contributed by atoms with van der Waals surface area (Å²) in [5.41, 5.74) is -0.775. The SMILES string of the molecule is CSCCCCNC(=O)NCC1(C(=O)O)CCC(C)CC1. The van der Waals surface area contributed by atoms with Crippen molar-refractivity contribution in [2.75, 3.05) is 25.1 Å². The van der Waals surface area contributed by atoms with E-state index in [0.717, 1.165) is 31.4 Å². The van der Waals surface area contributed by atoms with Gasteiger partial charge in [-0.1, -0.05) is 6.92 Å². The number of carbonyl (C=O) groups excluding carboxylic acids is 1. The van der Waals surface area contributed by atoms with E-state index in [0.29, 0.717) is 25.3 Å². The zero-order valence-corrected chi connectivity index (χ0v) is 13.9. The molecule has 0 aliphatic heterocycles. The summed E-state index contributed by atoms with van der Waals surface area (Å²) < 4.78 is 0. The fourth-order valence-corrected chi connectivity index (χ4v) is 3.16. The predicted molar refractivity (Wildman–Crippen MR) is 86.7 cm³/mol. The number of aliphatic carboxylic acids is 1. The van der Waals surface area contributed by atoms with Crippen LogP contribution < -0.4 is 10.6 Å². The van der Waals surface area contributed by atoms with Crippen LogP contribution in [-0.4, -0.2) is 42.2 Å². The van der Waals surface area contributed by atoms with Crippen LogP contribution in [-0.2, 0) is 4.79 Å². The summed E-state index contributed by atoms with van der Waals surface area (Å²) in [6.45, 7) is 3.02. The van der Waals surface area contributed by atoms with E-state index < -0.39 is 11.4 Å². The minimum atomic E-state index is -0.783. The number of thioether (sulfide) groups is 1. The molecule has 1 saturated carbocycles. The van der Waals surface area contributed by atoms with Crippen molar-refractivity contribution in [2.45, 2.75) is 45.4 Å². The third kappa shape index (κ3) is 6.16. The monoisotopic (exact) mass is 316 g/mol. The number of hydrogen-bond donors (Lipinski definition) is 3. The molecule has 1 rings (SSSR count). The van der Waals surface area contributed by atoms with Crippen LogP contribution in [0.4, 0.5) is 4.79 Å². The maximum atomic E-state index is 11.7. The molecular weight excluding hydrogens is 288 g/mol. The Morgan fingerprint density at radius 3 is 2.48 bits per heavy atom. The van der Waals surface area contributed by atoms with Crippen molar-refractivity contribution >= 4 is 23.8 Å². The van der Waals surface area contributed by atoms with E-state index in [4.69, 9.17) is 0 Å². The van der Waals surface area contributed by atoms with E-state index >= 15 is 0 Å². The molecule has 0 spiro atoms. The summed E-state index contributed by atoms with van der Waals surface area (Å²) in [5, 5.41) is 15.0. The van der Waals surface area contributed by atoms with Gasteiger partial charge in [-0.15, -0.1) is 0 Å². The van der Waals surface area contributed by atoms with E-state index in [1.54, 1.807) is 11.8 Å². The molecular formula is C15H28N2O3S. The first-order chi connectivity index (χ1) is 10.00. The zero-order chi connectivity index (χ0) is 15.7. The third-order valence-electron chi connectivity index (χ3n) is 4.33. The molecule has 122 valence electrons. The molecule has 0 saturated heterocycles. The molecule has 1 aliphatic rings. The van der Waals surface area contributed by atoms with E-state index in [1.165, 1.54) is 0 Å². The number of nitrogens with one attached hydrogen (secondary N) is 2. The second-order valence-corrected chi connectivity index (χ2v) is 7.06. The Balaban J connectivity index is 2.30. The summed E-state index contributed by atoms with van der Waals surface area (Å²) in [5.74, 6) is 0.904. The number of carboxylic acid groups (broad SMARTS) is 1. The Bertz CT molecular complexity index is 342. The van der Waals surface area contributed by atoms with Crippen molar-refractivity contribution in [2.24, 2.45) is 11.3 Å². The molecule has 0 aromatic carbocycles. The Labute approximate surface area is 131 Å². The average molecular weight is 316 g/mol. The van der Waals surface area contributed by atoms with Gasteiger partial charge in [-0.05, 0) is 56.5 Å². The van der Waals surface area contributed by atoms with Crippen LogP contribution in [0.2, 0.25) is 0 Å². The fourth-order valence-electron chi connectivity index (χ4n) is 2.67. The van der Waals surface area contributed by atoms with Crippen LogP contribution >= 0.6 is 11.8 Å². The van der Waals surface area contributed by atoms with E-state index in [-0.39, 0.29) is 12.6 Å². The smallest absolute Gasteiger partial charge is 0.314 e. The lowest BCUT2D eigenvalue weighted by atomic mass is 9.71. The van der Waals surface area contributed by atoms with Crippen molar-refractivity contribution in [1.82, 2.24) is 10.6 Å². The topological polar surface area (TPSA) is 78.4 Å². The van der Waals surface area contributed by atoms with E-state index in [9.17, 15) is 14.7 Å². The summed E-state index contributed by atoms with van der Waals surface area (Å²) >= 11 is 1.80. The highest BCUT2D eigenvalue weighted by Gasteiger charge is 2.41. The molecule has 1 fully saturated rings. The average Bonchev–Trinajstić information content (AvgIpc) is 2.46. The largest absolute Gasteiger partial charge is 0.481 e. The molecule has 0 heterocycles. The maximum Gasteiger partial charge on any atom is 0.314 e. The third-order valence-corrected chi connectivity index (χ3v) is 5.03. The first-order valence-corrected chi connectivity index (χ1v) is 9.13. The minimum Gasteiger partial charge on any atom is -0.481 e. The van der Waals surface area contributed by atoms with Crippen LogP contribution in [0.5, 0.6) is 0 Å². The Morgan fingerprint density at radius 1 is 1.24 bits per heavy atom. The van der Waals surface area contributed by atoms with Crippen LogP contribution in [0.25, 0.3) is 0 Å². The highest BCUT2D eigenvalue weighted by atomic mass is 32.2. The van der Waals surface area contributed by atoms with Gasteiger partial charge in [0, 0.05) is 13.1 Å². The first-order valence-electron chi connectivity index (χ1n) is 7.74. The second kappa shape index (κ2) is 9.18. The molecule has 21 heavy (non-hydrogen) atoms. The summed E-state index contributed by atoms with van der Waals surface area (Å²) in [6, 6.07) is -0.251. The molecule has 0 bridgehead atoms. The van der Waals surface area contributed by atoms with Gasteiger partial charge in [0.25, 0.3) is 0 Å². The Kier molecular flexibility index (Phi) is 7.93. The molecule has 0 atom stereocenters. The zero-order valence-electron chi connectivity index (χ0n) is 13.1. The highest BCUT2D eigenvalue weighted by Crippen LogP contribution is 2.38. The lowest BCUT2D eigenvalue weighted by Gasteiger charge is -2.35. The summed E-state index contributed by atoms with van der Waals surface area (Å²) in [4.78, 5) is 23.3. The van der Waals surface area contributed by atoms with Gasteiger partial charge in [0.05, 0.1) is 5.41 Å². The maximum absolute atomic E-state index is 11.7. The molecule has 1 aliphatic carbocycles. The van der Waals surface area contributed by atoms with E-state index in [1.807, 2.05) is 0 Å². The van der Waals surface area contributed by atoms with Crippen LogP contribution in [0, 0.1) is 11.3 Å². The fraction of sp³-hybridized carbons (Fsp3) is 0.867. The van der Waals surface area contributed by atoms with Crippen LogP contribution in [0.15, 0.2) is 0 Å². The van der Waals surface area contributed by atoms with Crippen LogP contribution in [0.1, 0.15) is 45.4 Å². The minimum absolute atomic E-state index is 0.228. The standard InChI is InChI=1S/C15H28N2O3S/c1-12-5-7-15(8-6-12,13(18)19)11-17-14(20)16-9-3-4-10-21-2/h12H,3-11H2,1-2H3,(H,18,19)(H2,16,17,20). The molecule has 0 aromatic rings. The van der Waals surface area contributed by atoms with Gasteiger partial charge < -0.3 is 15.7 Å². The number of carboxylic acids is 1. The Hall–Kier alpha value is -0.910. The number of unbranched alkanes of at least 4 members (excludes halogenated alkanes) is 1. The quantitative estimate of drug-likeness (QED) is 0.602. The second-order valence-electron chi connectivity index (χ2n) is 6.08. The molecule has 2 amide bonds. The van der Waals surface area contributed by atoms with Crippen molar-refractivity contribution in [3.05, 3.63) is 0 Å². The van der Waals surface area contributed by atoms with Gasteiger partial charge in [-0.25, -0.2) is 4.79 Å². The van der Waals surface area contributed by atoms with Gasteiger partial charge in [0.15, 0.2) is 0 Å². The molecule has 6 heteroatoms. The molecule has 3 N–H and O–H groups in total. The van der Waals surface area contributed by atoms with Gasteiger partial charge >= 0.3 is 12.0 Å². The van der Waals surface area contributed by atoms with Crippen molar-refractivity contribution in [3.8, 4) is 0 Å². The number of amides is 2. The number of rotatable bonds is 8. The lowest BCUT2D eigenvalue weighted by Crippen LogP contribution is -2.47. The molecule has 0 radical (unpaired) electrons. The summed E-state index contributed by atoms with van der Waals surface area (Å²) in [6.07, 6.45) is 7.24. The number of urea groups is 1. The molecule has 5 nitrogen and oxygen atoms in total. The number of hydrogen-bond acceptors (Lipinski definition) is 3. The van der Waals surface area contributed by atoms with Gasteiger partial charge in [-0.3, -0.25) is 4.79 Å². The van der Waals surface area contributed by atoms with Crippen molar-refractivity contribution < 1.29 is 14.7 Å². The van der Waals surface area contributed by atoms with Crippen molar-refractivity contribution in [1.29, 1.82) is 0 Å². The molecule has 0 unspecified atom stereocenters. The lowest BCUT2D eigenvalue weighted by molar-refractivity contribution is -0.151. The molecule has 0 aromatic heterocycles. The van der Waals surface area contributed by atoms with Crippen LogP contribution in [0.3, 0.4) is 0 Å². The van der Waals surface area contributed by atoms with E-state index in [2.05, 4.69) is 23.8 Å². The van der Waals surface area contributed by atoms with Gasteiger partial charge in [0.2, 0.25) is 0 Å². The highest BCUT2D eigenvalue weighted by molar-refractivity contribution is 7.98.